The maximum Gasteiger partial charge on any atom is 0.0823 e. The molecule has 0 unspecified atom stereocenters. The Balaban J connectivity index is 1.46. The Labute approximate surface area is 142 Å². The van der Waals surface area contributed by atoms with Crippen LogP contribution in [0.1, 0.15) is 50.5 Å². The van der Waals surface area contributed by atoms with E-state index < -0.39 is 0 Å². The third-order valence-corrected chi connectivity index (χ3v) is 5.71. The van der Waals surface area contributed by atoms with E-state index in [9.17, 15) is 0 Å². The van der Waals surface area contributed by atoms with Crippen molar-refractivity contribution >= 4 is 15.9 Å². The predicted octanol–water partition coefficient (Wildman–Crippen LogP) is 5.09. The largest absolute Gasteiger partial charge is 0.374 e. The molecule has 1 saturated carbocycles. The van der Waals surface area contributed by atoms with Gasteiger partial charge in [-0.15, -0.1) is 0 Å². The van der Waals surface area contributed by atoms with Crippen LogP contribution in [-0.2, 0) is 16.1 Å². The maximum atomic E-state index is 6.38. The number of hydrogen-bond donors (Lipinski definition) is 0. The molecule has 1 aliphatic carbocycles. The summed E-state index contributed by atoms with van der Waals surface area (Å²) in [4.78, 5) is 0.582. The summed E-state index contributed by atoms with van der Waals surface area (Å²) < 4.78 is 12.3. The number of halogens is 1. The number of rotatable bonds is 5. The van der Waals surface area contributed by atoms with Crippen LogP contribution in [0.15, 0.2) is 30.3 Å². The van der Waals surface area contributed by atoms with E-state index in [-0.39, 0.29) is 6.10 Å². The van der Waals surface area contributed by atoms with E-state index in [1.807, 2.05) is 6.07 Å². The van der Waals surface area contributed by atoms with Gasteiger partial charge >= 0.3 is 0 Å². The lowest BCUT2D eigenvalue weighted by Gasteiger charge is -2.38. The van der Waals surface area contributed by atoms with Gasteiger partial charge in [-0.3, -0.25) is 0 Å². The fraction of sp³-hybridized carbons (Fsp3) is 0.684. The average Bonchev–Trinajstić information content (AvgIpc) is 2.56. The lowest BCUT2D eigenvalue weighted by atomic mass is 9.82. The lowest BCUT2D eigenvalue weighted by molar-refractivity contribution is -0.110. The third kappa shape index (κ3) is 4.81. The van der Waals surface area contributed by atoms with Crippen LogP contribution in [0.4, 0.5) is 0 Å². The van der Waals surface area contributed by atoms with Crippen molar-refractivity contribution in [3.63, 3.8) is 0 Å². The zero-order valence-corrected chi connectivity index (χ0v) is 14.8. The van der Waals surface area contributed by atoms with E-state index in [1.165, 1.54) is 44.1 Å². The minimum absolute atomic E-state index is 0.244. The molecule has 0 spiro atoms. The molecule has 1 saturated heterocycles. The molecule has 122 valence electrons. The van der Waals surface area contributed by atoms with Gasteiger partial charge in [0.05, 0.1) is 25.4 Å². The SMILES string of the molecule is Br[C@H]1C[C@@H](COCc2ccccc2)O[C@@H](C2CCCCC2)C1. The molecule has 0 amide bonds. The highest BCUT2D eigenvalue weighted by Gasteiger charge is 2.33. The summed E-state index contributed by atoms with van der Waals surface area (Å²) in [7, 11) is 0. The highest BCUT2D eigenvalue weighted by molar-refractivity contribution is 9.09. The highest BCUT2D eigenvalue weighted by atomic mass is 79.9. The standard InChI is InChI=1S/C19H27BrO2/c20-17-11-18(14-21-13-15-7-3-1-4-8-15)22-19(12-17)16-9-5-2-6-10-16/h1,3-4,7-8,16-19H,2,5-6,9-14H2/t17-,18-,19+/m0/s1. The minimum Gasteiger partial charge on any atom is -0.374 e. The molecule has 2 nitrogen and oxygen atoms in total. The quantitative estimate of drug-likeness (QED) is 0.675. The molecule has 2 fully saturated rings. The van der Waals surface area contributed by atoms with Gasteiger partial charge in [0, 0.05) is 4.83 Å². The molecule has 3 rings (SSSR count). The zero-order valence-electron chi connectivity index (χ0n) is 13.3. The molecule has 22 heavy (non-hydrogen) atoms. The normalized spacial score (nSPS) is 30.3. The topological polar surface area (TPSA) is 18.5 Å². The van der Waals surface area contributed by atoms with Gasteiger partial charge in [-0.05, 0) is 37.2 Å². The zero-order chi connectivity index (χ0) is 15.2. The van der Waals surface area contributed by atoms with Crippen molar-refractivity contribution in [2.24, 2.45) is 5.92 Å². The molecule has 3 heteroatoms. The van der Waals surface area contributed by atoms with Gasteiger partial charge in [0.25, 0.3) is 0 Å². The molecule has 2 aliphatic rings. The van der Waals surface area contributed by atoms with E-state index in [4.69, 9.17) is 9.47 Å². The van der Waals surface area contributed by atoms with Crippen LogP contribution >= 0.6 is 15.9 Å². The van der Waals surface area contributed by atoms with E-state index in [2.05, 4.69) is 40.2 Å². The Morgan fingerprint density at radius 3 is 2.59 bits per heavy atom. The Hall–Kier alpha value is -0.380. The molecular weight excluding hydrogens is 340 g/mol. The van der Waals surface area contributed by atoms with Gasteiger partial charge in [0.15, 0.2) is 0 Å². The van der Waals surface area contributed by atoms with Gasteiger partial charge in [-0.2, -0.15) is 0 Å². The maximum absolute atomic E-state index is 6.38. The van der Waals surface area contributed by atoms with Crippen molar-refractivity contribution in [2.45, 2.75) is 68.6 Å². The molecular formula is C19H27BrO2. The van der Waals surface area contributed by atoms with Crippen LogP contribution < -0.4 is 0 Å². The molecule has 0 N–H and O–H groups in total. The van der Waals surface area contributed by atoms with Crippen LogP contribution in [-0.4, -0.2) is 23.6 Å². The van der Waals surface area contributed by atoms with Crippen molar-refractivity contribution in [2.75, 3.05) is 6.61 Å². The number of alkyl halides is 1. The summed E-state index contributed by atoms with van der Waals surface area (Å²) in [6.07, 6.45) is 9.78. The average molecular weight is 367 g/mol. The fourth-order valence-electron chi connectivity index (χ4n) is 3.79. The first-order valence-electron chi connectivity index (χ1n) is 8.72. The van der Waals surface area contributed by atoms with Gasteiger partial charge < -0.3 is 9.47 Å². The predicted molar refractivity (Wildman–Crippen MR) is 93.3 cm³/mol. The second-order valence-corrected chi connectivity index (χ2v) is 8.06. The monoisotopic (exact) mass is 366 g/mol. The van der Waals surface area contributed by atoms with Crippen molar-refractivity contribution in [1.82, 2.24) is 0 Å². The van der Waals surface area contributed by atoms with Crippen molar-refractivity contribution < 1.29 is 9.47 Å². The summed E-state index contributed by atoms with van der Waals surface area (Å²) in [6, 6.07) is 10.4. The molecule has 3 atom stereocenters. The lowest BCUT2D eigenvalue weighted by Crippen LogP contribution is -2.40. The molecule has 1 aromatic carbocycles. The first-order valence-corrected chi connectivity index (χ1v) is 9.64. The summed E-state index contributed by atoms with van der Waals surface area (Å²) >= 11 is 3.84. The smallest absolute Gasteiger partial charge is 0.0823 e. The van der Waals surface area contributed by atoms with Gasteiger partial charge in [-0.25, -0.2) is 0 Å². The molecule has 0 radical (unpaired) electrons. The van der Waals surface area contributed by atoms with Crippen LogP contribution in [0.25, 0.3) is 0 Å². The minimum atomic E-state index is 0.244. The summed E-state index contributed by atoms with van der Waals surface area (Å²) in [5.41, 5.74) is 1.23. The Kier molecular flexibility index (Phi) is 6.34. The highest BCUT2D eigenvalue weighted by Crippen LogP contribution is 2.36. The summed E-state index contributed by atoms with van der Waals surface area (Å²) in [6.45, 7) is 1.39. The van der Waals surface area contributed by atoms with Crippen LogP contribution in [0.5, 0.6) is 0 Å². The van der Waals surface area contributed by atoms with Gasteiger partial charge in [0.2, 0.25) is 0 Å². The van der Waals surface area contributed by atoms with E-state index in [0.29, 0.717) is 24.1 Å². The molecule has 1 aromatic rings. The van der Waals surface area contributed by atoms with Crippen LogP contribution in [0.2, 0.25) is 0 Å². The van der Waals surface area contributed by atoms with E-state index >= 15 is 0 Å². The Morgan fingerprint density at radius 1 is 1.05 bits per heavy atom. The second kappa shape index (κ2) is 8.47. The summed E-state index contributed by atoms with van der Waals surface area (Å²) in [5, 5.41) is 0. The molecule has 0 aromatic heterocycles. The Bertz CT molecular complexity index is 430. The second-order valence-electron chi connectivity index (χ2n) is 6.76. The number of hydrogen-bond acceptors (Lipinski definition) is 2. The van der Waals surface area contributed by atoms with Gasteiger partial charge in [0.1, 0.15) is 0 Å². The molecule has 1 heterocycles. The number of ether oxygens (including phenoxy) is 2. The Morgan fingerprint density at radius 2 is 1.82 bits per heavy atom. The van der Waals surface area contributed by atoms with E-state index in [1.54, 1.807) is 0 Å². The van der Waals surface area contributed by atoms with E-state index in [0.717, 1.165) is 12.3 Å². The van der Waals surface area contributed by atoms with Gasteiger partial charge in [-0.1, -0.05) is 65.5 Å². The van der Waals surface area contributed by atoms with Crippen molar-refractivity contribution in [3.05, 3.63) is 35.9 Å². The van der Waals surface area contributed by atoms with Crippen LogP contribution in [0.3, 0.4) is 0 Å². The molecule has 1 aliphatic heterocycles. The third-order valence-electron chi connectivity index (χ3n) is 4.96. The van der Waals surface area contributed by atoms with Crippen molar-refractivity contribution in [3.8, 4) is 0 Å². The first kappa shape index (κ1) is 16.5. The van der Waals surface area contributed by atoms with Crippen molar-refractivity contribution in [1.29, 1.82) is 0 Å². The fourth-order valence-corrected chi connectivity index (χ4v) is 4.58. The summed E-state index contributed by atoms with van der Waals surface area (Å²) in [5.74, 6) is 0.769. The first-order chi connectivity index (χ1) is 10.8. The van der Waals surface area contributed by atoms with Crippen LogP contribution in [0, 0.1) is 5.92 Å². The molecule has 0 bridgehead atoms. The number of benzene rings is 1.